The molecule has 20 heavy (non-hydrogen) atoms. The van der Waals surface area contributed by atoms with E-state index in [9.17, 15) is 5.11 Å². The number of rotatable bonds is 3. The van der Waals surface area contributed by atoms with E-state index >= 15 is 0 Å². The van der Waals surface area contributed by atoms with E-state index in [4.69, 9.17) is 10.9 Å². The maximum absolute atomic E-state index is 10.1. The lowest BCUT2D eigenvalue weighted by molar-refractivity contribution is 0.106. The van der Waals surface area contributed by atoms with Gasteiger partial charge in [0.15, 0.2) is 5.84 Å². The van der Waals surface area contributed by atoms with Crippen LogP contribution in [0.3, 0.4) is 0 Å². The first kappa shape index (κ1) is 14.6. The number of amidine groups is 1. The van der Waals surface area contributed by atoms with Gasteiger partial charge in [-0.1, -0.05) is 18.0 Å². The van der Waals surface area contributed by atoms with Crippen LogP contribution in [-0.2, 0) is 0 Å². The van der Waals surface area contributed by atoms with Gasteiger partial charge in [-0.3, -0.25) is 0 Å². The lowest BCUT2D eigenvalue weighted by Gasteiger charge is -2.36. The van der Waals surface area contributed by atoms with Crippen LogP contribution >= 0.6 is 0 Å². The molecule has 0 spiro atoms. The van der Waals surface area contributed by atoms with Crippen LogP contribution in [0.1, 0.15) is 36.9 Å². The number of aryl methyl sites for hydroxylation is 1. The Morgan fingerprint density at radius 2 is 2.10 bits per heavy atom. The van der Waals surface area contributed by atoms with Crippen LogP contribution < -0.4 is 10.6 Å². The molecule has 0 aromatic carbocycles. The van der Waals surface area contributed by atoms with E-state index in [1.165, 1.54) is 0 Å². The lowest BCUT2D eigenvalue weighted by Crippen LogP contribution is -2.44. The molecule has 4 N–H and O–H groups in total. The zero-order valence-electron chi connectivity index (χ0n) is 12.0. The van der Waals surface area contributed by atoms with Crippen molar-refractivity contribution in [3.63, 3.8) is 0 Å². The van der Waals surface area contributed by atoms with Gasteiger partial charge in [0.25, 0.3) is 0 Å². The minimum atomic E-state index is -0.330. The van der Waals surface area contributed by atoms with E-state index in [2.05, 4.69) is 10.1 Å². The van der Waals surface area contributed by atoms with Crippen molar-refractivity contribution in [2.75, 3.05) is 11.9 Å². The molecule has 1 aromatic heterocycles. The van der Waals surface area contributed by atoms with Gasteiger partial charge in [-0.05, 0) is 31.9 Å². The Morgan fingerprint density at radius 1 is 1.40 bits per heavy atom. The fourth-order valence-corrected chi connectivity index (χ4v) is 2.75. The SMILES string of the molecule is Cc1cc(/C(N)=N/O)cc(N(C)C2CCCCC2O)n1. The molecule has 6 heteroatoms. The van der Waals surface area contributed by atoms with Gasteiger partial charge in [0.1, 0.15) is 5.82 Å². The van der Waals surface area contributed by atoms with E-state index < -0.39 is 0 Å². The van der Waals surface area contributed by atoms with Crippen LogP contribution in [0.5, 0.6) is 0 Å². The molecule has 0 aliphatic heterocycles. The van der Waals surface area contributed by atoms with Crippen molar-refractivity contribution in [2.45, 2.75) is 44.8 Å². The summed E-state index contributed by atoms with van der Waals surface area (Å²) >= 11 is 0. The summed E-state index contributed by atoms with van der Waals surface area (Å²) < 4.78 is 0. The number of nitrogens with zero attached hydrogens (tertiary/aromatic N) is 3. The third kappa shape index (κ3) is 3.01. The molecule has 2 rings (SSSR count). The molecule has 0 amide bonds. The van der Waals surface area contributed by atoms with E-state index in [1.54, 1.807) is 12.1 Å². The molecule has 1 heterocycles. The zero-order chi connectivity index (χ0) is 14.7. The molecule has 6 nitrogen and oxygen atoms in total. The van der Waals surface area contributed by atoms with Gasteiger partial charge in [-0.15, -0.1) is 0 Å². The van der Waals surface area contributed by atoms with Crippen molar-refractivity contribution in [1.82, 2.24) is 4.98 Å². The van der Waals surface area contributed by atoms with Crippen LogP contribution in [0.2, 0.25) is 0 Å². The van der Waals surface area contributed by atoms with Crippen LogP contribution in [0.4, 0.5) is 5.82 Å². The van der Waals surface area contributed by atoms with Crippen LogP contribution in [0, 0.1) is 6.92 Å². The normalized spacial score (nSPS) is 23.6. The van der Waals surface area contributed by atoms with E-state index in [0.717, 1.165) is 37.2 Å². The van der Waals surface area contributed by atoms with Crippen molar-refractivity contribution < 1.29 is 10.3 Å². The summed E-state index contributed by atoms with van der Waals surface area (Å²) in [4.78, 5) is 6.47. The van der Waals surface area contributed by atoms with Crippen molar-refractivity contribution in [3.05, 3.63) is 23.4 Å². The monoisotopic (exact) mass is 278 g/mol. The summed E-state index contributed by atoms with van der Waals surface area (Å²) in [6, 6.07) is 3.62. The molecule has 0 saturated heterocycles. The number of aliphatic hydroxyl groups is 1. The Kier molecular flexibility index (Phi) is 4.44. The Bertz CT molecular complexity index is 504. The van der Waals surface area contributed by atoms with Crippen LogP contribution in [0.25, 0.3) is 0 Å². The predicted molar refractivity (Wildman–Crippen MR) is 78.2 cm³/mol. The first-order chi connectivity index (χ1) is 9.52. The topological polar surface area (TPSA) is 95.0 Å². The molecular formula is C14H22N4O2. The molecule has 1 aromatic rings. The number of pyridine rings is 1. The fourth-order valence-electron chi connectivity index (χ4n) is 2.75. The first-order valence-electron chi connectivity index (χ1n) is 6.90. The smallest absolute Gasteiger partial charge is 0.170 e. The standard InChI is InChI=1S/C14H22N4O2/c1-9-7-10(14(15)17-20)8-13(16-9)18(2)11-5-3-4-6-12(11)19/h7-8,11-12,19-20H,3-6H2,1-2H3,(H2,15,17). The van der Waals surface area contributed by atoms with Crippen molar-refractivity contribution >= 4 is 11.7 Å². The first-order valence-corrected chi connectivity index (χ1v) is 6.90. The quantitative estimate of drug-likeness (QED) is 0.334. The molecule has 1 saturated carbocycles. The third-order valence-corrected chi connectivity index (χ3v) is 3.90. The summed E-state index contributed by atoms with van der Waals surface area (Å²) in [5.41, 5.74) is 7.07. The fraction of sp³-hybridized carbons (Fsp3) is 0.571. The lowest BCUT2D eigenvalue weighted by atomic mass is 9.91. The molecular weight excluding hydrogens is 256 g/mol. The Labute approximate surface area is 118 Å². The second-order valence-electron chi connectivity index (χ2n) is 5.37. The van der Waals surface area contributed by atoms with E-state index in [1.807, 2.05) is 18.9 Å². The van der Waals surface area contributed by atoms with Gasteiger partial charge < -0.3 is 20.9 Å². The highest BCUT2D eigenvalue weighted by molar-refractivity contribution is 5.97. The summed E-state index contributed by atoms with van der Waals surface area (Å²) in [7, 11) is 1.93. The number of oxime groups is 1. The number of aromatic nitrogens is 1. The Hall–Kier alpha value is -1.82. The van der Waals surface area contributed by atoms with Gasteiger partial charge in [0.2, 0.25) is 0 Å². The highest BCUT2D eigenvalue weighted by atomic mass is 16.4. The van der Waals surface area contributed by atoms with Crippen molar-refractivity contribution in [2.24, 2.45) is 10.9 Å². The second-order valence-corrected chi connectivity index (χ2v) is 5.37. The second kappa shape index (κ2) is 6.09. The zero-order valence-corrected chi connectivity index (χ0v) is 12.0. The molecule has 110 valence electrons. The predicted octanol–water partition coefficient (Wildman–Crippen LogP) is 1.22. The van der Waals surface area contributed by atoms with Crippen molar-refractivity contribution in [1.29, 1.82) is 0 Å². The van der Waals surface area contributed by atoms with E-state index in [-0.39, 0.29) is 18.0 Å². The highest BCUT2D eigenvalue weighted by Gasteiger charge is 2.27. The van der Waals surface area contributed by atoms with Gasteiger partial charge in [-0.25, -0.2) is 4.98 Å². The van der Waals surface area contributed by atoms with Gasteiger partial charge in [-0.2, -0.15) is 0 Å². The number of nitrogens with two attached hydrogens (primary N) is 1. The number of hydrogen-bond acceptors (Lipinski definition) is 5. The van der Waals surface area contributed by atoms with Crippen molar-refractivity contribution in [3.8, 4) is 0 Å². The number of anilines is 1. The summed E-state index contributed by atoms with van der Waals surface area (Å²) in [5.74, 6) is 0.798. The molecule has 2 unspecified atom stereocenters. The number of aliphatic hydroxyl groups excluding tert-OH is 1. The summed E-state index contributed by atoms with van der Waals surface area (Å²) in [6.45, 7) is 1.86. The Balaban J connectivity index is 2.29. The molecule has 2 atom stereocenters. The molecule has 0 radical (unpaired) electrons. The average molecular weight is 278 g/mol. The molecule has 1 aliphatic rings. The molecule has 0 bridgehead atoms. The average Bonchev–Trinajstić information content (AvgIpc) is 2.45. The minimum absolute atomic E-state index is 0.0642. The summed E-state index contributed by atoms with van der Waals surface area (Å²) in [5, 5.41) is 22.0. The minimum Gasteiger partial charge on any atom is -0.409 e. The number of likely N-dealkylation sites (N-methyl/N-ethyl adjacent to an activating group) is 1. The molecule has 1 fully saturated rings. The van der Waals surface area contributed by atoms with Gasteiger partial charge in [0, 0.05) is 18.3 Å². The highest BCUT2D eigenvalue weighted by Crippen LogP contribution is 2.26. The third-order valence-electron chi connectivity index (χ3n) is 3.90. The Morgan fingerprint density at radius 3 is 2.75 bits per heavy atom. The van der Waals surface area contributed by atoms with Crippen LogP contribution in [0.15, 0.2) is 17.3 Å². The number of hydrogen-bond donors (Lipinski definition) is 3. The van der Waals surface area contributed by atoms with Gasteiger partial charge >= 0.3 is 0 Å². The maximum Gasteiger partial charge on any atom is 0.170 e. The maximum atomic E-state index is 10.1. The van der Waals surface area contributed by atoms with E-state index in [0.29, 0.717) is 5.56 Å². The van der Waals surface area contributed by atoms with Crippen LogP contribution in [-0.4, -0.2) is 40.3 Å². The molecule has 1 aliphatic carbocycles. The summed E-state index contributed by atoms with van der Waals surface area (Å²) in [6.07, 6.45) is 3.64. The van der Waals surface area contributed by atoms with Gasteiger partial charge in [0.05, 0.1) is 12.1 Å². The largest absolute Gasteiger partial charge is 0.409 e.